The molecular weight excluding hydrogens is 570 g/mol. The van der Waals surface area contributed by atoms with E-state index in [0.717, 1.165) is 37.9 Å². The first-order valence-electron chi connectivity index (χ1n) is 13.8. The average molecular weight is 622 g/mol. The van der Waals surface area contributed by atoms with Gasteiger partial charge in [0.05, 0.1) is 20.9 Å². The number of hydrogen-bond donors (Lipinski definition) is 0. The summed E-state index contributed by atoms with van der Waals surface area (Å²) in [6.07, 6.45) is 32.8. The SMILES string of the molecule is C#CC(C=NN(C)[P+](=S)C(C)(C)O/C(=C/C=C/C)CC/C=C\CC=NN(C)PSC)/C=C\CC/C(=C\C)C(C)C. The van der Waals surface area contributed by atoms with Crippen molar-refractivity contribution >= 4 is 50.4 Å². The lowest BCUT2D eigenvalue weighted by atomic mass is 9.98. The van der Waals surface area contributed by atoms with Gasteiger partial charge in [0, 0.05) is 46.2 Å². The van der Waals surface area contributed by atoms with Crippen molar-refractivity contribution in [3.8, 4) is 12.3 Å². The van der Waals surface area contributed by atoms with E-state index in [1.807, 2.05) is 74.9 Å². The summed E-state index contributed by atoms with van der Waals surface area (Å²) in [4.78, 5) is 0. The second-order valence-corrected chi connectivity index (χ2v) is 16.0. The maximum Gasteiger partial charge on any atom is 0.358 e. The number of terminal acetylenes is 1. The first-order valence-corrected chi connectivity index (χ1v) is 19.0. The van der Waals surface area contributed by atoms with Crippen LogP contribution in [0.2, 0.25) is 0 Å². The molecule has 0 aromatic carbocycles. The Kier molecular flexibility index (Phi) is 22.0. The van der Waals surface area contributed by atoms with Gasteiger partial charge in [-0.3, -0.25) is 4.78 Å². The quantitative estimate of drug-likeness (QED) is 0.0258. The van der Waals surface area contributed by atoms with E-state index in [2.05, 4.69) is 67.5 Å². The summed E-state index contributed by atoms with van der Waals surface area (Å²) in [7, 11) is 4.54. The number of ether oxygens (including phenoxy) is 1. The van der Waals surface area contributed by atoms with Crippen molar-refractivity contribution in [1.82, 2.24) is 9.56 Å². The molecular formula is C31H51N4OP2S2+. The molecule has 0 aliphatic rings. The Morgan fingerprint density at radius 3 is 2.45 bits per heavy atom. The molecule has 40 heavy (non-hydrogen) atoms. The van der Waals surface area contributed by atoms with Crippen LogP contribution in [0, 0.1) is 24.2 Å². The van der Waals surface area contributed by atoms with Crippen LogP contribution >= 0.6 is 26.2 Å². The van der Waals surface area contributed by atoms with Crippen LogP contribution in [-0.4, -0.2) is 47.7 Å². The van der Waals surface area contributed by atoms with E-state index in [0.29, 0.717) is 13.9 Å². The average Bonchev–Trinajstić information content (AvgIpc) is 2.91. The number of allylic oxidation sites excluding steroid dienone is 10. The number of hydrazone groups is 2. The smallest absolute Gasteiger partial charge is 0.358 e. The monoisotopic (exact) mass is 621 g/mol. The van der Waals surface area contributed by atoms with Crippen LogP contribution < -0.4 is 0 Å². The van der Waals surface area contributed by atoms with Crippen molar-refractivity contribution in [2.75, 3.05) is 20.4 Å². The maximum absolute atomic E-state index is 6.46. The van der Waals surface area contributed by atoms with Crippen LogP contribution in [0.25, 0.3) is 0 Å². The van der Waals surface area contributed by atoms with Crippen LogP contribution in [0.4, 0.5) is 0 Å². The molecule has 0 bridgehead atoms. The minimum atomic E-state index is -1.15. The molecule has 3 atom stereocenters. The maximum atomic E-state index is 6.46. The van der Waals surface area contributed by atoms with Gasteiger partial charge >= 0.3 is 6.85 Å². The van der Waals surface area contributed by atoms with E-state index in [1.165, 1.54) is 5.57 Å². The lowest BCUT2D eigenvalue weighted by Gasteiger charge is -2.22. The van der Waals surface area contributed by atoms with Gasteiger partial charge in [-0.05, 0) is 51.4 Å². The molecule has 0 saturated heterocycles. The summed E-state index contributed by atoms with van der Waals surface area (Å²) in [5.74, 6) is 4.10. The summed E-state index contributed by atoms with van der Waals surface area (Å²) < 4.78 is 10.2. The van der Waals surface area contributed by atoms with Gasteiger partial charge in [-0.1, -0.05) is 67.9 Å². The minimum Gasteiger partial charge on any atom is -0.449 e. The fraction of sp³-hybridized carbons (Fsp3) is 0.548. The summed E-state index contributed by atoms with van der Waals surface area (Å²) in [6, 6.07) is 0. The predicted molar refractivity (Wildman–Crippen MR) is 189 cm³/mol. The van der Waals surface area contributed by atoms with E-state index in [-0.39, 0.29) is 5.92 Å². The van der Waals surface area contributed by atoms with E-state index in [1.54, 1.807) is 17.6 Å². The van der Waals surface area contributed by atoms with Crippen LogP contribution in [0.5, 0.6) is 0 Å². The van der Waals surface area contributed by atoms with E-state index >= 15 is 0 Å². The summed E-state index contributed by atoms with van der Waals surface area (Å²) in [5, 5.41) is 8.42. The molecule has 0 aromatic rings. The van der Waals surface area contributed by atoms with Gasteiger partial charge in [0.1, 0.15) is 5.76 Å². The van der Waals surface area contributed by atoms with E-state index < -0.39 is 12.2 Å². The second kappa shape index (κ2) is 22.9. The fourth-order valence-electron chi connectivity index (χ4n) is 3.53. The number of hydrogen-bond acceptors (Lipinski definition) is 6. The summed E-state index contributed by atoms with van der Waals surface area (Å²) in [5.41, 5.74) is 1.47. The van der Waals surface area contributed by atoms with Crippen molar-refractivity contribution in [1.29, 1.82) is 0 Å². The molecule has 0 fully saturated rings. The zero-order valence-corrected chi connectivity index (χ0v) is 29.5. The Hall–Kier alpha value is -1.70. The zero-order chi connectivity index (χ0) is 30.4. The molecule has 0 radical (unpaired) electrons. The first kappa shape index (κ1) is 38.3. The molecule has 0 rings (SSSR count). The van der Waals surface area contributed by atoms with Gasteiger partial charge in [0.25, 0.3) is 5.34 Å². The molecule has 0 aliphatic heterocycles. The van der Waals surface area contributed by atoms with Crippen molar-refractivity contribution < 1.29 is 4.74 Å². The van der Waals surface area contributed by atoms with Gasteiger partial charge < -0.3 is 4.74 Å². The Bertz CT molecular complexity index is 992. The van der Waals surface area contributed by atoms with E-state index in [4.69, 9.17) is 23.0 Å². The molecule has 5 nitrogen and oxygen atoms in total. The van der Waals surface area contributed by atoms with Gasteiger partial charge in [-0.2, -0.15) is 5.10 Å². The van der Waals surface area contributed by atoms with Gasteiger partial charge in [0.2, 0.25) is 0 Å². The topological polar surface area (TPSA) is 40.4 Å². The van der Waals surface area contributed by atoms with Crippen LogP contribution in [0.15, 0.2) is 70.1 Å². The van der Waals surface area contributed by atoms with Crippen LogP contribution in [-0.2, 0) is 16.5 Å². The molecule has 0 aliphatic carbocycles. The lowest BCUT2D eigenvalue weighted by Crippen LogP contribution is -2.24. The Balaban J connectivity index is 5.07. The van der Waals surface area contributed by atoms with Crippen molar-refractivity contribution in [3.63, 3.8) is 0 Å². The molecule has 222 valence electrons. The normalized spacial score (nSPS) is 15.1. The summed E-state index contributed by atoms with van der Waals surface area (Å²) in [6.45, 7) is 11.5. The highest BCUT2D eigenvalue weighted by molar-refractivity contribution is 8.48. The third-order valence-electron chi connectivity index (χ3n) is 5.67. The van der Waals surface area contributed by atoms with Gasteiger partial charge in [-0.25, -0.2) is 0 Å². The Morgan fingerprint density at radius 2 is 1.85 bits per heavy atom. The second-order valence-electron chi connectivity index (χ2n) is 9.77. The first-order chi connectivity index (χ1) is 19.0. The molecule has 9 heteroatoms. The standard InChI is InChI=1S/C31H51N4OP2S2/c1-11-14-23-30(24-17-15-16-20-25-32-34(8)37-40-10)36-31(6,7)38(39)35(9)33-26-28(12-2)21-18-19-22-29(13-3)27(4)5/h2,11,13-16,18,21,23,25-28,37H,17,19-20,22,24H2,1,3-10H3/q+1/b14-11+,16-15-,21-18-,29-13+,30-23+,32-25?,33-26?. The molecule has 0 spiro atoms. The number of nitrogens with zero attached hydrogens (tertiary/aromatic N) is 4. The zero-order valence-electron chi connectivity index (χ0n) is 26.0. The van der Waals surface area contributed by atoms with Crippen LogP contribution in [0.1, 0.15) is 73.6 Å². The third-order valence-corrected chi connectivity index (χ3v) is 11.2. The molecule has 0 N–H and O–H groups in total. The summed E-state index contributed by atoms with van der Waals surface area (Å²) >= 11 is 7.69. The highest BCUT2D eigenvalue weighted by Gasteiger charge is 2.42. The van der Waals surface area contributed by atoms with Gasteiger partial charge in [-0.15, -0.1) is 27.7 Å². The molecule has 0 aromatic heterocycles. The highest BCUT2D eigenvalue weighted by Crippen LogP contribution is 2.44. The largest absolute Gasteiger partial charge is 0.449 e. The van der Waals surface area contributed by atoms with E-state index in [9.17, 15) is 0 Å². The lowest BCUT2D eigenvalue weighted by molar-refractivity contribution is 0.103. The van der Waals surface area contributed by atoms with Crippen molar-refractivity contribution in [2.45, 2.75) is 79.0 Å². The van der Waals surface area contributed by atoms with Crippen LogP contribution in [0.3, 0.4) is 0 Å². The minimum absolute atomic E-state index is 0.175. The number of rotatable bonds is 20. The molecule has 3 unspecified atom stereocenters. The predicted octanol–water partition coefficient (Wildman–Crippen LogP) is 9.68. The fourth-order valence-corrected chi connectivity index (χ4v) is 6.14. The molecule has 0 amide bonds. The Labute approximate surface area is 257 Å². The highest BCUT2D eigenvalue weighted by atomic mass is 32.7. The molecule has 0 saturated carbocycles. The Morgan fingerprint density at radius 1 is 1.15 bits per heavy atom. The van der Waals surface area contributed by atoms with Gasteiger partial charge in [0.15, 0.2) is 11.8 Å². The molecule has 0 heterocycles. The van der Waals surface area contributed by atoms with Crippen molar-refractivity contribution in [2.24, 2.45) is 22.0 Å². The third kappa shape index (κ3) is 17.9. The van der Waals surface area contributed by atoms with Crippen molar-refractivity contribution in [3.05, 3.63) is 59.9 Å².